The van der Waals surface area contributed by atoms with Crippen molar-refractivity contribution in [3.05, 3.63) is 36.5 Å². The molecule has 0 radical (unpaired) electrons. The van der Waals surface area contributed by atoms with Gasteiger partial charge in [0.1, 0.15) is 6.54 Å². The van der Waals surface area contributed by atoms with E-state index in [9.17, 15) is 4.79 Å². The quantitative estimate of drug-likeness (QED) is 0.819. The highest BCUT2D eigenvalue weighted by Gasteiger charge is 2.12. The number of carbonyl (C=O) groups is 1. The van der Waals surface area contributed by atoms with Gasteiger partial charge in [-0.2, -0.15) is 11.8 Å². The van der Waals surface area contributed by atoms with Gasteiger partial charge in [-0.25, -0.2) is 0 Å². The number of thioether (sulfide) groups is 1. The molecule has 0 bridgehead atoms. The Morgan fingerprint density at radius 1 is 1.40 bits per heavy atom. The van der Waals surface area contributed by atoms with Crippen LogP contribution < -0.4 is 5.32 Å². The second-order valence-corrected chi connectivity index (χ2v) is 5.65. The normalized spacial score (nSPS) is 12.5. The van der Waals surface area contributed by atoms with Gasteiger partial charge in [0.25, 0.3) is 0 Å². The number of para-hydroxylation sites is 1. The molecule has 1 aromatic carbocycles. The van der Waals surface area contributed by atoms with E-state index in [1.165, 1.54) is 0 Å². The molecule has 4 nitrogen and oxygen atoms in total. The predicted molar refractivity (Wildman–Crippen MR) is 84.0 cm³/mol. The molecule has 1 heterocycles. The molecular formula is C15H20N2O2S. The van der Waals surface area contributed by atoms with E-state index in [1.54, 1.807) is 11.8 Å². The molecule has 0 saturated heterocycles. The first-order chi connectivity index (χ1) is 9.74. The summed E-state index contributed by atoms with van der Waals surface area (Å²) in [6, 6.07) is 10.0. The van der Waals surface area contributed by atoms with Crippen LogP contribution in [0.5, 0.6) is 0 Å². The number of nitrogens with zero attached hydrogens (tertiary/aromatic N) is 1. The smallest absolute Gasteiger partial charge is 0.240 e. The zero-order valence-electron chi connectivity index (χ0n) is 11.6. The summed E-state index contributed by atoms with van der Waals surface area (Å²) in [6.07, 6.45) is 4.52. The summed E-state index contributed by atoms with van der Waals surface area (Å²) in [5.74, 6) is 0.803. The van der Waals surface area contributed by atoms with Crippen LogP contribution in [0.15, 0.2) is 36.5 Å². The Balaban J connectivity index is 2.00. The summed E-state index contributed by atoms with van der Waals surface area (Å²) in [5, 5.41) is 13.1. The van der Waals surface area contributed by atoms with Crippen molar-refractivity contribution in [2.75, 3.05) is 18.6 Å². The van der Waals surface area contributed by atoms with Crippen molar-refractivity contribution in [2.45, 2.75) is 19.0 Å². The van der Waals surface area contributed by atoms with Gasteiger partial charge in [-0.05, 0) is 30.2 Å². The molecule has 0 saturated carbocycles. The minimum atomic E-state index is -0.0150. The van der Waals surface area contributed by atoms with E-state index >= 15 is 0 Å². The third kappa shape index (κ3) is 3.77. The van der Waals surface area contributed by atoms with Gasteiger partial charge < -0.3 is 15.0 Å². The number of hydrogen-bond donors (Lipinski definition) is 2. The summed E-state index contributed by atoms with van der Waals surface area (Å²) >= 11 is 1.67. The Morgan fingerprint density at radius 3 is 2.95 bits per heavy atom. The summed E-state index contributed by atoms with van der Waals surface area (Å²) in [5.41, 5.74) is 1.06. The molecule has 1 aromatic heterocycles. The molecule has 1 amide bonds. The third-order valence-corrected chi connectivity index (χ3v) is 3.94. The highest BCUT2D eigenvalue weighted by atomic mass is 32.2. The zero-order chi connectivity index (χ0) is 14.4. The van der Waals surface area contributed by atoms with Crippen LogP contribution in [0, 0.1) is 0 Å². The predicted octanol–water partition coefficient (Wildman–Crippen LogP) is 1.87. The van der Waals surface area contributed by atoms with Gasteiger partial charge >= 0.3 is 0 Å². The minimum Gasteiger partial charge on any atom is -0.396 e. The summed E-state index contributed by atoms with van der Waals surface area (Å²) in [6.45, 7) is 0.405. The number of benzene rings is 1. The van der Waals surface area contributed by atoms with E-state index in [2.05, 4.69) is 5.32 Å². The summed E-state index contributed by atoms with van der Waals surface area (Å²) < 4.78 is 1.94. The monoisotopic (exact) mass is 292 g/mol. The fourth-order valence-electron chi connectivity index (χ4n) is 2.26. The molecule has 1 unspecified atom stereocenters. The van der Waals surface area contributed by atoms with Gasteiger partial charge in [0.15, 0.2) is 0 Å². The number of aliphatic hydroxyl groups excluding tert-OH is 1. The van der Waals surface area contributed by atoms with Crippen LogP contribution in [-0.2, 0) is 11.3 Å². The average Bonchev–Trinajstić information content (AvgIpc) is 2.83. The van der Waals surface area contributed by atoms with Gasteiger partial charge in [-0.3, -0.25) is 4.79 Å². The minimum absolute atomic E-state index is 0.0150. The number of aromatic nitrogens is 1. The van der Waals surface area contributed by atoms with Gasteiger partial charge in [-0.15, -0.1) is 0 Å². The molecule has 0 spiro atoms. The van der Waals surface area contributed by atoms with Crippen molar-refractivity contribution in [1.82, 2.24) is 9.88 Å². The molecule has 108 valence electrons. The standard InChI is InChI=1S/C15H20N2O2S/c1-20-11-13(7-9-18)16-15(19)10-17-8-6-12-4-2-3-5-14(12)17/h2-6,8,13,18H,7,9-11H2,1H3,(H,16,19). The molecule has 2 rings (SSSR count). The van der Waals surface area contributed by atoms with Gasteiger partial charge in [-0.1, -0.05) is 18.2 Å². The first-order valence-corrected chi connectivity index (χ1v) is 8.07. The van der Waals surface area contributed by atoms with E-state index in [0.29, 0.717) is 13.0 Å². The van der Waals surface area contributed by atoms with Crippen molar-refractivity contribution < 1.29 is 9.90 Å². The third-order valence-electron chi connectivity index (χ3n) is 3.20. The van der Waals surface area contributed by atoms with Gasteiger partial charge in [0.2, 0.25) is 5.91 Å². The van der Waals surface area contributed by atoms with Crippen molar-refractivity contribution in [3.63, 3.8) is 0 Å². The maximum Gasteiger partial charge on any atom is 0.240 e. The van der Waals surface area contributed by atoms with Crippen LogP contribution in [0.3, 0.4) is 0 Å². The van der Waals surface area contributed by atoms with Crippen LogP contribution in [0.1, 0.15) is 6.42 Å². The number of aliphatic hydroxyl groups is 1. The number of amides is 1. The molecule has 5 heteroatoms. The topological polar surface area (TPSA) is 54.3 Å². The Labute approximate surface area is 123 Å². The number of carbonyl (C=O) groups excluding carboxylic acids is 1. The first-order valence-electron chi connectivity index (χ1n) is 6.67. The van der Waals surface area contributed by atoms with Gasteiger partial charge in [0.05, 0.1) is 0 Å². The van der Waals surface area contributed by atoms with Crippen molar-refractivity contribution in [3.8, 4) is 0 Å². The highest BCUT2D eigenvalue weighted by molar-refractivity contribution is 7.98. The van der Waals surface area contributed by atoms with Crippen LogP contribution in [0.2, 0.25) is 0 Å². The lowest BCUT2D eigenvalue weighted by Crippen LogP contribution is -2.39. The van der Waals surface area contributed by atoms with Crippen LogP contribution >= 0.6 is 11.8 Å². The second kappa shape index (κ2) is 7.36. The van der Waals surface area contributed by atoms with Crippen molar-refractivity contribution in [2.24, 2.45) is 0 Å². The van der Waals surface area contributed by atoms with Crippen LogP contribution in [0.4, 0.5) is 0 Å². The molecule has 0 aliphatic carbocycles. The van der Waals surface area contributed by atoms with E-state index in [0.717, 1.165) is 16.7 Å². The molecule has 2 aromatic rings. The lowest BCUT2D eigenvalue weighted by Gasteiger charge is -2.17. The number of hydrogen-bond acceptors (Lipinski definition) is 3. The fraction of sp³-hybridized carbons (Fsp3) is 0.400. The highest BCUT2D eigenvalue weighted by Crippen LogP contribution is 2.14. The van der Waals surface area contributed by atoms with Crippen molar-refractivity contribution in [1.29, 1.82) is 0 Å². The number of fused-ring (bicyclic) bond motifs is 1. The lowest BCUT2D eigenvalue weighted by molar-refractivity contribution is -0.122. The maximum atomic E-state index is 12.1. The Bertz CT molecular complexity index is 562. The van der Waals surface area contributed by atoms with Crippen LogP contribution in [0.25, 0.3) is 10.9 Å². The largest absolute Gasteiger partial charge is 0.396 e. The summed E-state index contributed by atoms with van der Waals surface area (Å²) in [7, 11) is 0. The molecule has 20 heavy (non-hydrogen) atoms. The maximum absolute atomic E-state index is 12.1. The molecule has 2 N–H and O–H groups in total. The van der Waals surface area contributed by atoms with Crippen molar-refractivity contribution >= 4 is 28.6 Å². The molecule has 0 fully saturated rings. The van der Waals surface area contributed by atoms with E-state index in [-0.39, 0.29) is 18.6 Å². The average molecular weight is 292 g/mol. The molecule has 0 aliphatic heterocycles. The first kappa shape index (κ1) is 14.9. The van der Waals surface area contributed by atoms with E-state index in [4.69, 9.17) is 5.11 Å². The van der Waals surface area contributed by atoms with Crippen LogP contribution in [-0.4, -0.2) is 40.2 Å². The SMILES string of the molecule is CSCC(CCO)NC(=O)Cn1ccc2ccccc21. The lowest BCUT2D eigenvalue weighted by atomic mass is 10.2. The molecule has 1 atom stereocenters. The molecule has 0 aliphatic rings. The number of nitrogens with one attached hydrogen (secondary N) is 1. The van der Waals surface area contributed by atoms with E-state index < -0.39 is 0 Å². The Hall–Kier alpha value is -1.46. The zero-order valence-corrected chi connectivity index (χ0v) is 12.4. The number of rotatable bonds is 7. The fourth-order valence-corrected chi connectivity index (χ4v) is 2.91. The van der Waals surface area contributed by atoms with E-state index in [1.807, 2.05) is 47.4 Å². The Kier molecular flexibility index (Phi) is 5.49. The summed E-state index contributed by atoms with van der Waals surface area (Å²) in [4.78, 5) is 12.1. The van der Waals surface area contributed by atoms with Gasteiger partial charge in [0, 0.05) is 30.1 Å². The Morgan fingerprint density at radius 2 is 2.20 bits per heavy atom. The molecular weight excluding hydrogens is 272 g/mol. The second-order valence-electron chi connectivity index (χ2n) is 4.73.